The Morgan fingerprint density at radius 3 is 2.36 bits per heavy atom. The summed E-state index contributed by atoms with van der Waals surface area (Å²) in [6.07, 6.45) is 1.64. The van der Waals surface area contributed by atoms with Gasteiger partial charge in [-0.1, -0.05) is 30.3 Å². The van der Waals surface area contributed by atoms with Gasteiger partial charge in [-0.25, -0.2) is 4.98 Å². The number of rotatable bonds is 8. The van der Waals surface area contributed by atoms with Crippen LogP contribution in [-0.4, -0.2) is 24.0 Å². The average Bonchev–Trinajstić information content (AvgIpc) is 2.75. The van der Waals surface area contributed by atoms with Gasteiger partial charge in [-0.05, 0) is 55.8 Å². The molecule has 2 aromatic carbocycles. The smallest absolute Gasteiger partial charge is 0.255 e. The Morgan fingerprint density at radius 2 is 1.68 bits per heavy atom. The maximum absolute atomic E-state index is 12.6. The van der Waals surface area contributed by atoms with Crippen LogP contribution in [0.5, 0.6) is 0 Å². The largest absolute Gasteiger partial charge is 0.372 e. The second-order valence-electron chi connectivity index (χ2n) is 6.44. The number of aromatic nitrogens is 1. The number of carbonyl (C=O) groups is 1. The molecular formula is C23H26N4O. The third-order valence-electron chi connectivity index (χ3n) is 4.59. The molecule has 1 heterocycles. The Balaban J connectivity index is 1.62. The van der Waals surface area contributed by atoms with E-state index in [0.717, 1.165) is 30.0 Å². The normalized spacial score (nSPS) is 10.4. The predicted octanol–water partition coefficient (Wildman–Crippen LogP) is 4.79. The highest BCUT2D eigenvalue weighted by Gasteiger charge is 2.08. The fourth-order valence-electron chi connectivity index (χ4n) is 3.00. The Bertz CT molecular complexity index is 890. The quantitative estimate of drug-likeness (QED) is 0.595. The van der Waals surface area contributed by atoms with E-state index >= 15 is 0 Å². The SMILES string of the molecule is CCN(CC)c1ccc(NC(=O)c2ccnc(NCc3ccccc3)c2)cc1. The van der Waals surface area contributed by atoms with E-state index < -0.39 is 0 Å². The molecule has 0 radical (unpaired) electrons. The van der Waals surface area contributed by atoms with Crippen LogP contribution >= 0.6 is 0 Å². The number of nitrogens with one attached hydrogen (secondary N) is 2. The molecular weight excluding hydrogens is 348 g/mol. The van der Waals surface area contributed by atoms with E-state index in [1.165, 1.54) is 0 Å². The maximum Gasteiger partial charge on any atom is 0.255 e. The van der Waals surface area contributed by atoms with Crippen LogP contribution in [0.4, 0.5) is 17.2 Å². The van der Waals surface area contributed by atoms with E-state index in [0.29, 0.717) is 17.9 Å². The zero-order chi connectivity index (χ0) is 19.8. The molecule has 144 valence electrons. The standard InChI is InChI=1S/C23H26N4O/c1-3-27(4-2)21-12-10-20(11-13-21)26-23(28)19-14-15-24-22(16-19)25-17-18-8-6-5-7-9-18/h5-16H,3-4,17H2,1-2H3,(H,24,25)(H,26,28). The van der Waals surface area contributed by atoms with Gasteiger partial charge in [-0.3, -0.25) is 4.79 Å². The lowest BCUT2D eigenvalue weighted by molar-refractivity contribution is 0.102. The Labute approximate surface area is 166 Å². The highest BCUT2D eigenvalue weighted by molar-refractivity contribution is 6.04. The van der Waals surface area contributed by atoms with Crippen molar-refractivity contribution < 1.29 is 4.79 Å². The second-order valence-corrected chi connectivity index (χ2v) is 6.44. The molecule has 2 N–H and O–H groups in total. The number of hydrogen-bond acceptors (Lipinski definition) is 4. The molecule has 28 heavy (non-hydrogen) atoms. The van der Waals surface area contributed by atoms with Crippen LogP contribution in [-0.2, 0) is 6.54 Å². The zero-order valence-electron chi connectivity index (χ0n) is 16.4. The molecule has 1 amide bonds. The molecule has 0 aliphatic carbocycles. The van der Waals surface area contributed by atoms with Gasteiger partial charge in [-0.2, -0.15) is 0 Å². The third-order valence-corrected chi connectivity index (χ3v) is 4.59. The van der Waals surface area contributed by atoms with Crippen LogP contribution in [0.1, 0.15) is 29.8 Å². The monoisotopic (exact) mass is 374 g/mol. The summed E-state index contributed by atoms with van der Waals surface area (Å²) in [7, 11) is 0. The summed E-state index contributed by atoms with van der Waals surface area (Å²) >= 11 is 0. The lowest BCUT2D eigenvalue weighted by Gasteiger charge is -2.21. The van der Waals surface area contributed by atoms with E-state index in [9.17, 15) is 4.79 Å². The molecule has 0 saturated heterocycles. The fourth-order valence-corrected chi connectivity index (χ4v) is 3.00. The summed E-state index contributed by atoms with van der Waals surface area (Å²) in [5.74, 6) is 0.522. The molecule has 0 unspecified atom stereocenters. The first kappa shape index (κ1) is 19.4. The lowest BCUT2D eigenvalue weighted by Crippen LogP contribution is -2.21. The molecule has 0 spiro atoms. The van der Waals surface area contributed by atoms with Gasteiger partial charge in [0.25, 0.3) is 5.91 Å². The van der Waals surface area contributed by atoms with Crippen molar-refractivity contribution in [3.8, 4) is 0 Å². The van der Waals surface area contributed by atoms with Gasteiger partial charge in [0.2, 0.25) is 0 Å². The van der Waals surface area contributed by atoms with Crippen LogP contribution in [0, 0.1) is 0 Å². The van der Waals surface area contributed by atoms with E-state index in [1.54, 1.807) is 18.3 Å². The van der Waals surface area contributed by atoms with Crippen LogP contribution < -0.4 is 15.5 Å². The Kier molecular flexibility index (Phi) is 6.63. The molecule has 5 heteroatoms. The van der Waals surface area contributed by atoms with E-state index in [1.807, 2.05) is 54.6 Å². The summed E-state index contributed by atoms with van der Waals surface area (Å²) in [6, 6.07) is 21.5. The minimum absolute atomic E-state index is 0.152. The van der Waals surface area contributed by atoms with Crippen molar-refractivity contribution in [3.05, 3.63) is 84.1 Å². The second kappa shape index (κ2) is 9.55. The summed E-state index contributed by atoms with van der Waals surface area (Å²) in [5.41, 5.74) is 3.65. The number of hydrogen-bond donors (Lipinski definition) is 2. The Morgan fingerprint density at radius 1 is 0.964 bits per heavy atom. The zero-order valence-corrected chi connectivity index (χ0v) is 16.4. The molecule has 0 bridgehead atoms. The van der Waals surface area contributed by atoms with E-state index in [-0.39, 0.29) is 5.91 Å². The molecule has 0 aliphatic heterocycles. The highest BCUT2D eigenvalue weighted by Crippen LogP contribution is 2.18. The maximum atomic E-state index is 12.6. The molecule has 3 rings (SSSR count). The first-order valence-electron chi connectivity index (χ1n) is 9.59. The summed E-state index contributed by atoms with van der Waals surface area (Å²) in [4.78, 5) is 19.2. The number of amides is 1. The van der Waals surface area contributed by atoms with Gasteiger partial charge in [0.1, 0.15) is 5.82 Å². The summed E-state index contributed by atoms with van der Waals surface area (Å²) < 4.78 is 0. The molecule has 0 atom stereocenters. The van der Waals surface area contributed by atoms with Crippen molar-refractivity contribution >= 4 is 23.1 Å². The topological polar surface area (TPSA) is 57.3 Å². The number of pyridine rings is 1. The van der Waals surface area contributed by atoms with Crippen molar-refractivity contribution in [1.82, 2.24) is 4.98 Å². The highest BCUT2D eigenvalue weighted by atomic mass is 16.1. The molecule has 3 aromatic rings. The molecule has 5 nitrogen and oxygen atoms in total. The molecule has 0 aliphatic rings. The van der Waals surface area contributed by atoms with Crippen LogP contribution in [0.3, 0.4) is 0 Å². The first-order chi connectivity index (χ1) is 13.7. The third kappa shape index (κ3) is 5.10. The van der Waals surface area contributed by atoms with Gasteiger partial charge in [-0.15, -0.1) is 0 Å². The van der Waals surface area contributed by atoms with Crippen molar-refractivity contribution in [1.29, 1.82) is 0 Å². The van der Waals surface area contributed by atoms with Crippen molar-refractivity contribution in [3.63, 3.8) is 0 Å². The van der Waals surface area contributed by atoms with Gasteiger partial charge in [0.05, 0.1) is 0 Å². The van der Waals surface area contributed by atoms with Crippen molar-refractivity contribution in [2.75, 3.05) is 28.6 Å². The number of anilines is 3. The van der Waals surface area contributed by atoms with Gasteiger partial charge >= 0.3 is 0 Å². The number of benzene rings is 2. The Hall–Kier alpha value is -3.34. The average molecular weight is 374 g/mol. The van der Waals surface area contributed by atoms with Crippen LogP contribution in [0.15, 0.2) is 72.9 Å². The minimum atomic E-state index is -0.152. The van der Waals surface area contributed by atoms with Crippen molar-refractivity contribution in [2.45, 2.75) is 20.4 Å². The van der Waals surface area contributed by atoms with Crippen LogP contribution in [0.2, 0.25) is 0 Å². The molecule has 0 saturated carbocycles. The number of carbonyl (C=O) groups excluding carboxylic acids is 1. The summed E-state index contributed by atoms with van der Waals surface area (Å²) in [5, 5.41) is 6.20. The number of nitrogens with zero attached hydrogens (tertiary/aromatic N) is 2. The van der Waals surface area contributed by atoms with Gasteiger partial charge in [0.15, 0.2) is 0 Å². The minimum Gasteiger partial charge on any atom is -0.372 e. The summed E-state index contributed by atoms with van der Waals surface area (Å²) in [6.45, 7) is 6.83. The van der Waals surface area contributed by atoms with Crippen LogP contribution in [0.25, 0.3) is 0 Å². The lowest BCUT2D eigenvalue weighted by atomic mass is 10.2. The molecule has 0 fully saturated rings. The predicted molar refractivity (Wildman–Crippen MR) is 116 cm³/mol. The fraction of sp³-hybridized carbons (Fsp3) is 0.217. The van der Waals surface area contributed by atoms with E-state index in [4.69, 9.17) is 0 Å². The van der Waals surface area contributed by atoms with Crippen molar-refractivity contribution in [2.24, 2.45) is 0 Å². The van der Waals surface area contributed by atoms with E-state index in [2.05, 4.69) is 34.4 Å². The van der Waals surface area contributed by atoms with Gasteiger partial charge in [0, 0.05) is 42.8 Å². The molecule has 1 aromatic heterocycles. The first-order valence-corrected chi connectivity index (χ1v) is 9.59. The van der Waals surface area contributed by atoms with Gasteiger partial charge < -0.3 is 15.5 Å².